The number of halogens is 1. The smallest absolute Gasteiger partial charge is 0.282 e. The van der Waals surface area contributed by atoms with E-state index in [2.05, 4.69) is 0 Å². The molecule has 2 rings (SSSR count). The first-order valence-electron chi connectivity index (χ1n) is 4.42. The van der Waals surface area contributed by atoms with Crippen LogP contribution in [0.15, 0.2) is 24.3 Å². The second kappa shape index (κ2) is 4.24. The van der Waals surface area contributed by atoms with Crippen molar-refractivity contribution in [2.45, 2.75) is 6.54 Å². The molecule has 1 fully saturated rings. The van der Waals surface area contributed by atoms with Gasteiger partial charge < -0.3 is 4.90 Å². The molecule has 0 aliphatic carbocycles. The third-order valence-electron chi connectivity index (χ3n) is 2.13. The highest BCUT2D eigenvalue weighted by molar-refractivity contribution is 8.13. The molecule has 14 heavy (non-hydrogen) atoms. The van der Waals surface area contributed by atoms with E-state index in [9.17, 15) is 4.79 Å². The van der Waals surface area contributed by atoms with E-state index < -0.39 is 0 Å². The molecule has 0 atom stereocenters. The number of hydrogen-bond acceptors (Lipinski definition) is 2. The predicted octanol–water partition coefficient (Wildman–Crippen LogP) is 3.01. The third kappa shape index (κ3) is 2.22. The molecule has 1 saturated heterocycles. The summed E-state index contributed by atoms with van der Waals surface area (Å²) in [6, 6.07) is 7.62. The number of benzene rings is 1. The second-order valence-electron chi connectivity index (χ2n) is 3.16. The molecule has 0 spiro atoms. The Labute approximate surface area is 92.2 Å². The lowest BCUT2D eigenvalue weighted by Gasteiger charge is -2.14. The van der Waals surface area contributed by atoms with Gasteiger partial charge in [0.05, 0.1) is 0 Å². The molecule has 1 amide bonds. The van der Waals surface area contributed by atoms with Crippen LogP contribution < -0.4 is 0 Å². The Morgan fingerprint density at radius 2 is 2.07 bits per heavy atom. The Kier molecular flexibility index (Phi) is 2.99. The van der Waals surface area contributed by atoms with Crippen molar-refractivity contribution in [3.05, 3.63) is 34.9 Å². The average Bonchev–Trinajstić information content (AvgIpc) is 2.56. The molecule has 4 heteroatoms. The van der Waals surface area contributed by atoms with Crippen molar-refractivity contribution < 1.29 is 4.79 Å². The van der Waals surface area contributed by atoms with Gasteiger partial charge in [0.2, 0.25) is 0 Å². The summed E-state index contributed by atoms with van der Waals surface area (Å²) in [7, 11) is 0. The van der Waals surface area contributed by atoms with E-state index >= 15 is 0 Å². The number of carbonyl (C=O) groups excluding carboxylic acids is 1. The lowest BCUT2D eigenvalue weighted by molar-refractivity contribution is 0.228. The highest BCUT2D eigenvalue weighted by Gasteiger charge is 2.20. The second-order valence-corrected chi connectivity index (χ2v) is 4.64. The summed E-state index contributed by atoms with van der Waals surface area (Å²) in [5.41, 5.74) is 1.13. The number of carbonyl (C=O) groups is 1. The fourth-order valence-corrected chi connectivity index (χ4v) is 2.33. The molecule has 1 heterocycles. The van der Waals surface area contributed by atoms with Crippen LogP contribution >= 0.6 is 23.4 Å². The molecule has 0 radical (unpaired) electrons. The van der Waals surface area contributed by atoms with E-state index in [1.165, 1.54) is 11.8 Å². The van der Waals surface area contributed by atoms with Gasteiger partial charge in [0.25, 0.3) is 5.24 Å². The fourth-order valence-electron chi connectivity index (χ4n) is 1.38. The average molecular weight is 228 g/mol. The lowest BCUT2D eigenvalue weighted by Crippen LogP contribution is -2.22. The summed E-state index contributed by atoms with van der Waals surface area (Å²) in [4.78, 5) is 13.2. The van der Waals surface area contributed by atoms with Gasteiger partial charge in [-0.05, 0) is 17.7 Å². The van der Waals surface area contributed by atoms with Gasteiger partial charge in [0.15, 0.2) is 0 Å². The van der Waals surface area contributed by atoms with Gasteiger partial charge in [-0.3, -0.25) is 4.79 Å². The maximum atomic E-state index is 11.3. The highest BCUT2D eigenvalue weighted by Crippen LogP contribution is 2.20. The minimum Gasteiger partial charge on any atom is -0.328 e. The van der Waals surface area contributed by atoms with E-state index in [1.807, 2.05) is 29.2 Å². The maximum Gasteiger partial charge on any atom is 0.282 e. The van der Waals surface area contributed by atoms with Gasteiger partial charge in [-0.2, -0.15) is 0 Å². The van der Waals surface area contributed by atoms with Crippen LogP contribution in [0.4, 0.5) is 4.79 Å². The third-order valence-corrected chi connectivity index (χ3v) is 3.28. The normalized spacial score (nSPS) is 16.4. The zero-order chi connectivity index (χ0) is 9.97. The van der Waals surface area contributed by atoms with Crippen molar-refractivity contribution in [2.24, 2.45) is 0 Å². The topological polar surface area (TPSA) is 20.3 Å². The van der Waals surface area contributed by atoms with Crippen LogP contribution in [0.1, 0.15) is 5.56 Å². The first kappa shape index (κ1) is 9.87. The lowest BCUT2D eigenvalue weighted by atomic mass is 10.2. The highest BCUT2D eigenvalue weighted by atomic mass is 35.5. The predicted molar refractivity (Wildman–Crippen MR) is 59.7 cm³/mol. The largest absolute Gasteiger partial charge is 0.328 e. The van der Waals surface area contributed by atoms with Crippen LogP contribution in [0.3, 0.4) is 0 Å². The monoisotopic (exact) mass is 227 g/mol. The molecule has 1 aromatic rings. The summed E-state index contributed by atoms with van der Waals surface area (Å²) in [6.07, 6.45) is 0. The van der Waals surface area contributed by atoms with Gasteiger partial charge in [-0.15, -0.1) is 0 Å². The molecule has 2 nitrogen and oxygen atoms in total. The minimum atomic E-state index is 0.181. The number of thioether (sulfide) groups is 1. The van der Waals surface area contributed by atoms with E-state index in [1.54, 1.807) is 0 Å². The Bertz CT molecular complexity index is 338. The summed E-state index contributed by atoms with van der Waals surface area (Å²) in [5, 5.41) is 0.913. The molecule has 1 aliphatic rings. The van der Waals surface area contributed by atoms with Crippen molar-refractivity contribution >= 4 is 28.6 Å². The Morgan fingerprint density at radius 3 is 2.64 bits per heavy atom. The Morgan fingerprint density at radius 1 is 1.36 bits per heavy atom. The van der Waals surface area contributed by atoms with E-state index in [0.29, 0.717) is 6.54 Å². The van der Waals surface area contributed by atoms with Crippen molar-refractivity contribution in [1.29, 1.82) is 0 Å². The van der Waals surface area contributed by atoms with Gasteiger partial charge in [0, 0.05) is 23.9 Å². The maximum absolute atomic E-state index is 11.3. The van der Waals surface area contributed by atoms with Gasteiger partial charge in [-0.25, -0.2) is 0 Å². The van der Waals surface area contributed by atoms with Crippen LogP contribution in [-0.2, 0) is 6.54 Å². The fraction of sp³-hybridized carbons (Fsp3) is 0.300. The first-order chi connectivity index (χ1) is 6.75. The van der Waals surface area contributed by atoms with Crippen molar-refractivity contribution in [3.63, 3.8) is 0 Å². The standard InChI is InChI=1S/C10H10ClNOS/c11-9-3-1-8(2-4-9)7-12-5-6-14-10(12)13/h1-4H,5-7H2. The SMILES string of the molecule is O=C1SCCN1Cc1ccc(Cl)cc1. The Balaban J connectivity index is 2.03. The summed E-state index contributed by atoms with van der Waals surface area (Å²) < 4.78 is 0. The van der Waals surface area contributed by atoms with Crippen LogP contribution in [0.2, 0.25) is 5.02 Å². The molecule has 74 valence electrons. The van der Waals surface area contributed by atoms with Crippen molar-refractivity contribution in [1.82, 2.24) is 4.90 Å². The zero-order valence-electron chi connectivity index (χ0n) is 7.57. The molecule has 1 aliphatic heterocycles. The van der Waals surface area contributed by atoms with E-state index in [4.69, 9.17) is 11.6 Å². The summed E-state index contributed by atoms with van der Waals surface area (Å²) >= 11 is 7.16. The summed E-state index contributed by atoms with van der Waals surface area (Å²) in [6.45, 7) is 1.55. The number of amides is 1. The van der Waals surface area contributed by atoms with E-state index in [-0.39, 0.29) is 5.24 Å². The molecule has 1 aromatic carbocycles. The number of rotatable bonds is 2. The quantitative estimate of drug-likeness (QED) is 0.774. The van der Waals surface area contributed by atoms with Crippen molar-refractivity contribution in [2.75, 3.05) is 12.3 Å². The molecule has 0 aromatic heterocycles. The molecule has 0 unspecified atom stereocenters. The van der Waals surface area contributed by atoms with Crippen LogP contribution in [-0.4, -0.2) is 22.4 Å². The van der Waals surface area contributed by atoms with Gasteiger partial charge >= 0.3 is 0 Å². The van der Waals surface area contributed by atoms with Crippen LogP contribution in [0.5, 0.6) is 0 Å². The zero-order valence-corrected chi connectivity index (χ0v) is 9.14. The van der Waals surface area contributed by atoms with Crippen LogP contribution in [0, 0.1) is 0 Å². The summed E-state index contributed by atoms with van der Waals surface area (Å²) in [5.74, 6) is 0.909. The molecular weight excluding hydrogens is 218 g/mol. The molecule has 0 bridgehead atoms. The van der Waals surface area contributed by atoms with Gasteiger partial charge in [-0.1, -0.05) is 35.5 Å². The molecular formula is C10H10ClNOS. The number of nitrogens with zero attached hydrogens (tertiary/aromatic N) is 1. The number of hydrogen-bond donors (Lipinski definition) is 0. The molecule has 0 saturated carbocycles. The van der Waals surface area contributed by atoms with Crippen molar-refractivity contribution in [3.8, 4) is 0 Å². The molecule has 0 N–H and O–H groups in total. The van der Waals surface area contributed by atoms with Gasteiger partial charge in [0.1, 0.15) is 0 Å². The Hall–Kier alpha value is -0.670. The first-order valence-corrected chi connectivity index (χ1v) is 5.78. The van der Waals surface area contributed by atoms with Crippen LogP contribution in [0.25, 0.3) is 0 Å². The minimum absolute atomic E-state index is 0.181. The van der Waals surface area contributed by atoms with E-state index in [0.717, 1.165) is 22.9 Å².